The van der Waals surface area contributed by atoms with Gasteiger partial charge in [0.25, 0.3) is 0 Å². The highest BCUT2D eigenvalue weighted by molar-refractivity contribution is 9.10. The van der Waals surface area contributed by atoms with Crippen LogP contribution in [-0.2, 0) is 16.1 Å². The SMILES string of the molecule is CCCOCCC(=O)N(C)Cc1ccccc1Br. The fraction of sp³-hybridized carbons (Fsp3) is 0.500. The molecule has 0 saturated carbocycles. The summed E-state index contributed by atoms with van der Waals surface area (Å²) in [6.45, 7) is 3.91. The number of rotatable bonds is 7. The number of carbonyl (C=O) groups excluding carboxylic acids is 1. The molecule has 0 spiro atoms. The van der Waals surface area contributed by atoms with Crippen molar-refractivity contribution in [2.75, 3.05) is 20.3 Å². The fourth-order valence-corrected chi connectivity index (χ4v) is 1.98. The highest BCUT2D eigenvalue weighted by atomic mass is 79.9. The predicted octanol–water partition coefficient (Wildman–Crippen LogP) is 3.22. The molecule has 1 amide bonds. The van der Waals surface area contributed by atoms with Gasteiger partial charge in [-0.15, -0.1) is 0 Å². The summed E-state index contributed by atoms with van der Waals surface area (Å²) in [5.74, 6) is 0.113. The first kappa shape index (κ1) is 15.2. The lowest BCUT2D eigenvalue weighted by Gasteiger charge is -2.18. The van der Waals surface area contributed by atoms with Crippen molar-refractivity contribution in [3.05, 3.63) is 34.3 Å². The molecular formula is C14H20BrNO2. The molecule has 0 aliphatic rings. The Morgan fingerprint density at radius 2 is 2.06 bits per heavy atom. The van der Waals surface area contributed by atoms with Gasteiger partial charge < -0.3 is 9.64 Å². The largest absolute Gasteiger partial charge is 0.381 e. The van der Waals surface area contributed by atoms with Crippen molar-refractivity contribution in [2.24, 2.45) is 0 Å². The lowest BCUT2D eigenvalue weighted by molar-refractivity contribution is -0.131. The number of ether oxygens (including phenoxy) is 1. The summed E-state index contributed by atoms with van der Waals surface area (Å²) >= 11 is 3.48. The first-order valence-electron chi connectivity index (χ1n) is 6.20. The average molecular weight is 314 g/mol. The molecule has 1 aromatic carbocycles. The molecule has 0 N–H and O–H groups in total. The molecule has 100 valence electrons. The quantitative estimate of drug-likeness (QED) is 0.723. The van der Waals surface area contributed by atoms with E-state index in [4.69, 9.17) is 4.74 Å². The van der Waals surface area contributed by atoms with E-state index in [1.54, 1.807) is 4.90 Å². The highest BCUT2D eigenvalue weighted by Gasteiger charge is 2.10. The fourth-order valence-electron chi connectivity index (χ4n) is 1.57. The van der Waals surface area contributed by atoms with Crippen molar-refractivity contribution in [2.45, 2.75) is 26.3 Å². The monoisotopic (exact) mass is 313 g/mol. The minimum Gasteiger partial charge on any atom is -0.381 e. The molecule has 0 fully saturated rings. The van der Waals surface area contributed by atoms with Crippen molar-refractivity contribution in [1.82, 2.24) is 4.90 Å². The van der Waals surface area contributed by atoms with E-state index in [1.807, 2.05) is 31.3 Å². The molecule has 18 heavy (non-hydrogen) atoms. The van der Waals surface area contributed by atoms with Gasteiger partial charge in [-0.1, -0.05) is 41.1 Å². The zero-order valence-electron chi connectivity index (χ0n) is 11.0. The molecule has 0 heterocycles. The molecule has 0 aromatic heterocycles. The summed E-state index contributed by atoms with van der Waals surface area (Å²) in [6.07, 6.45) is 1.43. The average Bonchev–Trinajstić information content (AvgIpc) is 2.37. The van der Waals surface area contributed by atoms with Gasteiger partial charge in [-0.3, -0.25) is 4.79 Å². The zero-order chi connectivity index (χ0) is 13.4. The Morgan fingerprint density at radius 3 is 2.72 bits per heavy atom. The second-order valence-corrected chi connectivity index (χ2v) is 5.06. The lowest BCUT2D eigenvalue weighted by atomic mass is 10.2. The van der Waals surface area contributed by atoms with Crippen LogP contribution in [0.3, 0.4) is 0 Å². The van der Waals surface area contributed by atoms with Crippen molar-refractivity contribution >= 4 is 21.8 Å². The smallest absolute Gasteiger partial charge is 0.224 e. The summed E-state index contributed by atoms with van der Waals surface area (Å²) in [7, 11) is 1.82. The molecule has 0 aliphatic heterocycles. The van der Waals surface area contributed by atoms with Crippen LogP contribution in [0.15, 0.2) is 28.7 Å². The number of amides is 1. The van der Waals surface area contributed by atoms with Crippen LogP contribution in [0.2, 0.25) is 0 Å². The van der Waals surface area contributed by atoms with Crippen LogP contribution in [0, 0.1) is 0 Å². The molecule has 0 aliphatic carbocycles. The van der Waals surface area contributed by atoms with E-state index in [-0.39, 0.29) is 5.91 Å². The zero-order valence-corrected chi connectivity index (χ0v) is 12.6. The number of halogens is 1. The van der Waals surface area contributed by atoms with Gasteiger partial charge in [0, 0.05) is 24.7 Å². The molecule has 1 aromatic rings. The second kappa shape index (κ2) is 8.27. The van der Waals surface area contributed by atoms with Gasteiger partial charge in [-0.2, -0.15) is 0 Å². The lowest BCUT2D eigenvalue weighted by Crippen LogP contribution is -2.27. The minimum atomic E-state index is 0.113. The van der Waals surface area contributed by atoms with Gasteiger partial charge >= 0.3 is 0 Å². The van der Waals surface area contributed by atoms with E-state index < -0.39 is 0 Å². The number of carbonyl (C=O) groups is 1. The molecule has 1 rings (SSSR count). The summed E-state index contributed by atoms with van der Waals surface area (Å²) < 4.78 is 6.35. The van der Waals surface area contributed by atoms with Gasteiger partial charge in [0.15, 0.2) is 0 Å². The van der Waals surface area contributed by atoms with Crippen molar-refractivity contribution in [1.29, 1.82) is 0 Å². The van der Waals surface area contributed by atoms with Gasteiger partial charge in [0.05, 0.1) is 13.0 Å². The number of nitrogens with zero attached hydrogens (tertiary/aromatic N) is 1. The first-order valence-corrected chi connectivity index (χ1v) is 6.99. The second-order valence-electron chi connectivity index (χ2n) is 4.20. The van der Waals surface area contributed by atoms with E-state index >= 15 is 0 Å². The van der Waals surface area contributed by atoms with E-state index in [0.29, 0.717) is 19.6 Å². The third-order valence-electron chi connectivity index (χ3n) is 2.60. The molecular weight excluding hydrogens is 294 g/mol. The third kappa shape index (κ3) is 5.19. The number of hydrogen-bond acceptors (Lipinski definition) is 2. The van der Waals surface area contributed by atoms with Crippen LogP contribution in [0.25, 0.3) is 0 Å². The Balaban J connectivity index is 2.38. The Labute approximate surface area is 117 Å². The van der Waals surface area contributed by atoms with Crippen LogP contribution in [0.4, 0.5) is 0 Å². The third-order valence-corrected chi connectivity index (χ3v) is 3.37. The summed E-state index contributed by atoms with van der Waals surface area (Å²) in [5, 5.41) is 0. The minimum absolute atomic E-state index is 0.113. The summed E-state index contributed by atoms with van der Waals surface area (Å²) in [6, 6.07) is 7.94. The molecule has 0 unspecified atom stereocenters. The standard InChI is InChI=1S/C14H20BrNO2/c1-3-9-18-10-8-14(17)16(2)11-12-6-4-5-7-13(12)15/h4-7H,3,8-11H2,1-2H3. The van der Waals surface area contributed by atoms with Crippen LogP contribution in [0.5, 0.6) is 0 Å². The van der Waals surface area contributed by atoms with Gasteiger partial charge in [-0.05, 0) is 18.1 Å². The van der Waals surface area contributed by atoms with Crippen molar-refractivity contribution in [3.63, 3.8) is 0 Å². The number of benzene rings is 1. The Hall–Kier alpha value is -0.870. The highest BCUT2D eigenvalue weighted by Crippen LogP contribution is 2.17. The first-order chi connectivity index (χ1) is 8.65. The van der Waals surface area contributed by atoms with E-state index in [0.717, 1.165) is 23.1 Å². The van der Waals surface area contributed by atoms with Gasteiger partial charge in [0.1, 0.15) is 0 Å². The van der Waals surface area contributed by atoms with Gasteiger partial charge in [-0.25, -0.2) is 0 Å². The molecule has 0 radical (unpaired) electrons. The summed E-state index contributed by atoms with van der Waals surface area (Å²) in [5.41, 5.74) is 1.11. The molecule has 0 saturated heterocycles. The summed E-state index contributed by atoms with van der Waals surface area (Å²) in [4.78, 5) is 13.6. The van der Waals surface area contributed by atoms with Crippen LogP contribution in [0.1, 0.15) is 25.3 Å². The van der Waals surface area contributed by atoms with E-state index in [9.17, 15) is 4.79 Å². The van der Waals surface area contributed by atoms with Crippen molar-refractivity contribution in [3.8, 4) is 0 Å². The predicted molar refractivity (Wildman–Crippen MR) is 76.3 cm³/mol. The Morgan fingerprint density at radius 1 is 1.33 bits per heavy atom. The topological polar surface area (TPSA) is 29.5 Å². The Kier molecular flexibility index (Phi) is 6.98. The normalized spacial score (nSPS) is 10.4. The maximum atomic E-state index is 11.9. The van der Waals surface area contributed by atoms with Crippen LogP contribution < -0.4 is 0 Å². The van der Waals surface area contributed by atoms with Crippen LogP contribution >= 0.6 is 15.9 Å². The van der Waals surface area contributed by atoms with Crippen molar-refractivity contribution < 1.29 is 9.53 Å². The van der Waals surface area contributed by atoms with Crippen LogP contribution in [-0.4, -0.2) is 31.1 Å². The molecule has 4 heteroatoms. The number of hydrogen-bond donors (Lipinski definition) is 0. The maximum absolute atomic E-state index is 11.9. The Bertz CT molecular complexity index is 382. The van der Waals surface area contributed by atoms with E-state index in [2.05, 4.69) is 22.9 Å². The van der Waals surface area contributed by atoms with E-state index in [1.165, 1.54) is 0 Å². The molecule has 0 atom stereocenters. The van der Waals surface area contributed by atoms with Gasteiger partial charge in [0.2, 0.25) is 5.91 Å². The molecule has 3 nitrogen and oxygen atoms in total. The molecule has 0 bridgehead atoms. The maximum Gasteiger partial charge on any atom is 0.224 e.